The molecule has 4 rings (SSSR count). The van der Waals surface area contributed by atoms with E-state index >= 15 is 0 Å². The number of imide groups is 1. The van der Waals surface area contributed by atoms with Gasteiger partial charge >= 0.3 is 6.03 Å². The van der Waals surface area contributed by atoms with Crippen molar-refractivity contribution >= 4 is 29.2 Å². The maximum Gasteiger partial charge on any atom is 0.332 e. The predicted octanol–water partition coefficient (Wildman–Crippen LogP) is 3.78. The Morgan fingerprint density at radius 3 is 2.40 bits per heavy atom. The summed E-state index contributed by atoms with van der Waals surface area (Å²) in [5.74, 6) is -0.964. The highest BCUT2D eigenvalue weighted by molar-refractivity contribution is 6.22. The molecule has 1 saturated heterocycles. The molecule has 1 N–H and O–H groups in total. The first-order valence-corrected chi connectivity index (χ1v) is 9.30. The summed E-state index contributed by atoms with van der Waals surface area (Å²) in [5, 5.41) is 2.73. The molecule has 2 heterocycles. The lowest BCUT2D eigenvalue weighted by atomic mass is 10.1. The molecule has 1 aliphatic heterocycles. The van der Waals surface area contributed by atoms with Crippen LogP contribution in [0.1, 0.15) is 12.2 Å². The zero-order chi connectivity index (χ0) is 21.1. The van der Waals surface area contributed by atoms with E-state index in [-0.39, 0.29) is 18.7 Å². The van der Waals surface area contributed by atoms with Crippen LogP contribution < -0.4 is 10.2 Å². The lowest BCUT2D eigenvalue weighted by molar-refractivity contribution is -0.124. The molecule has 0 saturated carbocycles. The maximum atomic E-state index is 13.3. The van der Waals surface area contributed by atoms with Crippen molar-refractivity contribution in [3.8, 4) is 0 Å². The normalized spacial score (nSPS) is 16.2. The van der Waals surface area contributed by atoms with Gasteiger partial charge in [0.2, 0.25) is 5.91 Å². The minimum absolute atomic E-state index is 0.0263. The molecule has 0 aliphatic carbocycles. The highest BCUT2D eigenvalue weighted by atomic mass is 19.1. The van der Waals surface area contributed by atoms with Gasteiger partial charge in [-0.2, -0.15) is 0 Å². The number of para-hydroxylation sites is 1. The third-order valence-corrected chi connectivity index (χ3v) is 4.75. The molecule has 1 aliphatic rings. The zero-order valence-corrected chi connectivity index (χ0v) is 15.8. The van der Waals surface area contributed by atoms with Crippen molar-refractivity contribution < 1.29 is 23.2 Å². The number of nitrogens with zero attached hydrogens (tertiary/aromatic N) is 2. The molecule has 1 aromatic heterocycles. The van der Waals surface area contributed by atoms with Crippen molar-refractivity contribution in [2.24, 2.45) is 0 Å². The van der Waals surface area contributed by atoms with Crippen LogP contribution in [0.3, 0.4) is 0 Å². The monoisotopic (exact) mass is 407 g/mol. The lowest BCUT2D eigenvalue weighted by Gasteiger charge is -2.20. The van der Waals surface area contributed by atoms with E-state index in [1.165, 1.54) is 35.4 Å². The summed E-state index contributed by atoms with van der Waals surface area (Å²) < 4.78 is 18.6. The summed E-state index contributed by atoms with van der Waals surface area (Å²) in [6, 6.07) is 15.6. The van der Waals surface area contributed by atoms with Crippen LogP contribution in [0.4, 0.5) is 20.6 Å². The second-order valence-electron chi connectivity index (χ2n) is 6.77. The van der Waals surface area contributed by atoms with Crippen molar-refractivity contribution in [1.82, 2.24) is 4.90 Å². The number of halogens is 1. The highest BCUT2D eigenvalue weighted by Crippen LogP contribution is 2.29. The molecule has 7 nitrogen and oxygen atoms in total. The Morgan fingerprint density at radius 2 is 1.73 bits per heavy atom. The SMILES string of the molecule is O=C(CC1C(=O)N(c2ccc(F)cc2)C(=O)N1Cc1ccco1)Nc1ccccc1. The summed E-state index contributed by atoms with van der Waals surface area (Å²) in [6.07, 6.45) is 1.24. The van der Waals surface area contributed by atoms with Crippen LogP contribution in [0.25, 0.3) is 0 Å². The molecule has 0 bridgehead atoms. The maximum absolute atomic E-state index is 13.3. The Kier molecular flexibility index (Phi) is 5.30. The first kappa shape index (κ1) is 19.4. The fourth-order valence-corrected chi connectivity index (χ4v) is 3.32. The number of nitrogens with one attached hydrogen (secondary N) is 1. The summed E-state index contributed by atoms with van der Waals surface area (Å²) >= 11 is 0. The van der Waals surface area contributed by atoms with E-state index in [1.54, 1.807) is 36.4 Å². The number of furan rings is 1. The lowest BCUT2D eigenvalue weighted by Crippen LogP contribution is -2.37. The van der Waals surface area contributed by atoms with E-state index in [0.717, 1.165) is 4.90 Å². The van der Waals surface area contributed by atoms with E-state index in [9.17, 15) is 18.8 Å². The topological polar surface area (TPSA) is 82.9 Å². The number of benzene rings is 2. The standard InChI is InChI=1S/C22H18FN3O4/c23-15-8-10-17(11-9-15)26-21(28)19(13-20(27)24-16-5-2-1-3-6-16)25(22(26)29)14-18-7-4-12-30-18/h1-12,19H,13-14H2,(H,24,27). The molecular formula is C22H18FN3O4. The molecule has 2 aromatic carbocycles. The first-order valence-electron chi connectivity index (χ1n) is 9.30. The van der Waals surface area contributed by atoms with Crippen LogP contribution in [0.15, 0.2) is 77.4 Å². The van der Waals surface area contributed by atoms with Crippen molar-refractivity contribution in [2.45, 2.75) is 19.0 Å². The summed E-state index contributed by atoms with van der Waals surface area (Å²) in [5.41, 5.74) is 0.828. The molecule has 0 spiro atoms. The average Bonchev–Trinajstić information content (AvgIpc) is 3.33. The number of anilines is 2. The van der Waals surface area contributed by atoms with Gasteiger partial charge in [0.1, 0.15) is 17.6 Å². The molecule has 1 unspecified atom stereocenters. The second kappa shape index (κ2) is 8.20. The fourth-order valence-electron chi connectivity index (χ4n) is 3.32. The Balaban J connectivity index is 1.59. The van der Waals surface area contributed by atoms with Crippen molar-refractivity contribution in [3.63, 3.8) is 0 Å². The number of hydrogen-bond donors (Lipinski definition) is 1. The first-order chi connectivity index (χ1) is 14.5. The Morgan fingerprint density at radius 1 is 1.00 bits per heavy atom. The van der Waals surface area contributed by atoms with Crippen LogP contribution in [0, 0.1) is 5.82 Å². The van der Waals surface area contributed by atoms with Gasteiger partial charge in [-0.25, -0.2) is 14.1 Å². The second-order valence-corrected chi connectivity index (χ2v) is 6.77. The number of carbonyl (C=O) groups excluding carboxylic acids is 3. The molecule has 1 atom stereocenters. The third kappa shape index (κ3) is 3.93. The molecule has 3 aromatic rings. The van der Waals surface area contributed by atoms with Gasteiger partial charge in [0.05, 0.1) is 24.9 Å². The molecule has 30 heavy (non-hydrogen) atoms. The number of amides is 4. The molecule has 0 radical (unpaired) electrons. The van der Waals surface area contributed by atoms with Crippen LogP contribution in [-0.2, 0) is 16.1 Å². The van der Waals surface area contributed by atoms with Gasteiger partial charge in [0.15, 0.2) is 0 Å². The quantitative estimate of drug-likeness (QED) is 0.631. The summed E-state index contributed by atoms with van der Waals surface area (Å²) in [4.78, 5) is 40.9. The van der Waals surface area contributed by atoms with E-state index < -0.39 is 29.7 Å². The molecule has 152 valence electrons. The highest BCUT2D eigenvalue weighted by Gasteiger charge is 2.47. The van der Waals surface area contributed by atoms with E-state index in [1.807, 2.05) is 6.07 Å². The smallest absolute Gasteiger partial charge is 0.332 e. The van der Waals surface area contributed by atoms with Gasteiger partial charge in [0, 0.05) is 5.69 Å². The van der Waals surface area contributed by atoms with Gasteiger partial charge in [-0.05, 0) is 48.5 Å². The van der Waals surface area contributed by atoms with Crippen LogP contribution in [0.2, 0.25) is 0 Å². The minimum atomic E-state index is -1.02. The van der Waals surface area contributed by atoms with Crippen molar-refractivity contribution in [3.05, 3.63) is 84.6 Å². The van der Waals surface area contributed by atoms with Crippen molar-refractivity contribution in [1.29, 1.82) is 0 Å². The van der Waals surface area contributed by atoms with E-state index in [2.05, 4.69) is 5.32 Å². The minimum Gasteiger partial charge on any atom is -0.467 e. The molecule has 1 fully saturated rings. The van der Waals surface area contributed by atoms with E-state index in [4.69, 9.17) is 4.42 Å². The molecular weight excluding hydrogens is 389 g/mol. The average molecular weight is 407 g/mol. The third-order valence-electron chi connectivity index (χ3n) is 4.75. The van der Waals surface area contributed by atoms with Gasteiger partial charge in [-0.3, -0.25) is 9.59 Å². The van der Waals surface area contributed by atoms with Gasteiger partial charge in [-0.15, -0.1) is 0 Å². The molecule has 8 heteroatoms. The summed E-state index contributed by atoms with van der Waals surface area (Å²) in [6.45, 7) is 0.0263. The van der Waals surface area contributed by atoms with E-state index in [0.29, 0.717) is 11.4 Å². The number of carbonyl (C=O) groups is 3. The summed E-state index contributed by atoms with van der Waals surface area (Å²) in [7, 11) is 0. The Bertz CT molecular complexity index is 1050. The number of rotatable bonds is 6. The van der Waals surface area contributed by atoms with Gasteiger partial charge in [-0.1, -0.05) is 18.2 Å². The van der Waals surface area contributed by atoms with Gasteiger partial charge in [0.25, 0.3) is 5.91 Å². The van der Waals surface area contributed by atoms with Crippen LogP contribution in [0.5, 0.6) is 0 Å². The van der Waals surface area contributed by atoms with Crippen LogP contribution >= 0.6 is 0 Å². The Hall–Kier alpha value is -3.94. The Labute approximate surface area is 171 Å². The van der Waals surface area contributed by atoms with Gasteiger partial charge < -0.3 is 14.6 Å². The number of hydrogen-bond acceptors (Lipinski definition) is 4. The zero-order valence-electron chi connectivity index (χ0n) is 15.8. The van der Waals surface area contributed by atoms with Crippen molar-refractivity contribution in [2.75, 3.05) is 10.2 Å². The fraction of sp³-hybridized carbons (Fsp3) is 0.136. The predicted molar refractivity (Wildman–Crippen MR) is 107 cm³/mol. The molecule has 4 amide bonds. The number of urea groups is 1. The van der Waals surface area contributed by atoms with Crippen LogP contribution in [-0.4, -0.2) is 28.8 Å². The largest absolute Gasteiger partial charge is 0.467 e.